The van der Waals surface area contributed by atoms with E-state index in [9.17, 15) is 9.59 Å². The molecule has 0 unspecified atom stereocenters. The molecular weight excluding hydrogens is 503 g/mol. The van der Waals surface area contributed by atoms with Gasteiger partial charge in [-0.1, -0.05) is 19.4 Å². The number of allylic oxidation sites excluding steroid dienone is 4. The number of aromatic nitrogens is 1. The van der Waals surface area contributed by atoms with E-state index in [1.807, 2.05) is 39.1 Å². The topological polar surface area (TPSA) is 74.3 Å². The molecule has 0 saturated carbocycles. The van der Waals surface area contributed by atoms with E-state index >= 15 is 4.39 Å². The smallest absolute Gasteiger partial charge is 0.251 e. The number of amides is 1. The number of anilines is 1. The Balaban J connectivity index is 1.45. The zero-order valence-corrected chi connectivity index (χ0v) is 24.3. The number of Topliss-reactive ketones (excluding diaryl/α,β-unsaturated/α-hetero) is 1. The van der Waals surface area contributed by atoms with Crippen LogP contribution in [-0.2, 0) is 22.4 Å². The first-order valence-electron chi connectivity index (χ1n) is 14.4. The summed E-state index contributed by atoms with van der Waals surface area (Å²) in [4.78, 5) is 33.2. The molecule has 0 spiro atoms. The molecule has 0 atom stereocenters. The van der Waals surface area contributed by atoms with Gasteiger partial charge in [-0.25, -0.2) is 4.39 Å². The van der Waals surface area contributed by atoms with Gasteiger partial charge in [0.25, 0.3) is 5.91 Å². The van der Waals surface area contributed by atoms with Crippen molar-refractivity contribution in [1.82, 2.24) is 15.2 Å². The minimum Gasteiger partial charge on any atom is -0.383 e. The van der Waals surface area contributed by atoms with Crippen LogP contribution in [0.25, 0.3) is 16.7 Å². The highest BCUT2D eigenvalue weighted by atomic mass is 19.1. The van der Waals surface area contributed by atoms with E-state index in [0.717, 1.165) is 83.8 Å². The van der Waals surface area contributed by atoms with Crippen molar-refractivity contribution < 1.29 is 14.0 Å². The fraction of sp³-hybridized carbons (Fsp3) is 0.424. The molecule has 0 radical (unpaired) electrons. The Morgan fingerprint density at radius 1 is 1.15 bits per heavy atom. The Labute approximate surface area is 236 Å². The highest BCUT2D eigenvalue weighted by Crippen LogP contribution is 2.41. The number of hydrogen-bond donors (Lipinski definition) is 2. The van der Waals surface area contributed by atoms with Crippen LogP contribution >= 0.6 is 0 Å². The van der Waals surface area contributed by atoms with Crippen LogP contribution in [0.1, 0.15) is 62.9 Å². The number of aryl methyl sites for hydroxylation is 1. The van der Waals surface area contributed by atoms with Gasteiger partial charge in [0.2, 0.25) is 0 Å². The number of hydrogen-bond acceptors (Lipinski definition) is 5. The van der Waals surface area contributed by atoms with Gasteiger partial charge in [0, 0.05) is 54.5 Å². The first-order chi connectivity index (χ1) is 19.2. The number of fused-ring (bicyclic) bond motifs is 2. The number of rotatable bonds is 8. The number of ketones is 1. The van der Waals surface area contributed by atoms with Gasteiger partial charge in [-0.15, -0.1) is 0 Å². The third kappa shape index (κ3) is 5.15. The third-order valence-corrected chi connectivity index (χ3v) is 8.64. The van der Waals surface area contributed by atoms with Gasteiger partial charge in [0.1, 0.15) is 5.82 Å². The molecule has 2 N–H and O–H groups in total. The normalized spacial score (nSPS) is 17.6. The van der Waals surface area contributed by atoms with Crippen LogP contribution in [0.4, 0.5) is 10.1 Å². The average Bonchev–Trinajstić information content (AvgIpc) is 3.41. The summed E-state index contributed by atoms with van der Waals surface area (Å²) >= 11 is 0. The molecule has 1 aromatic heterocycles. The molecule has 1 amide bonds. The van der Waals surface area contributed by atoms with Crippen molar-refractivity contribution in [2.75, 3.05) is 38.0 Å². The molecule has 2 heterocycles. The first kappa shape index (κ1) is 28.0. The largest absolute Gasteiger partial charge is 0.383 e. The van der Waals surface area contributed by atoms with Crippen molar-refractivity contribution in [1.29, 1.82) is 0 Å². The standard InChI is InChI=1S/C33H39FN4O2/c1-6-38(7-2)12-11-36-33(40)31-19(3)13-22(20(31)4)14-26-24-15-23(16-28(34)25(24)17-30(26)39)27-18-37-29-9-8-10-35-32(29)21(27)5/h14-16,18,35H,6-13,17H2,1-5H3,(H,36,40)/b26-14-. The van der Waals surface area contributed by atoms with Crippen molar-refractivity contribution >= 4 is 23.0 Å². The van der Waals surface area contributed by atoms with E-state index in [-0.39, 0.29) is 23.9 Å². The number of carbonyl (C=O) groups is 2. The van der Waals surface area contributed by atoms with Gasteiger partial charge < -0.3 is 15.5 Å². The van der Waals surface area contributed by atoms with E-state index in [4.69, 9.17) is 0 Å². The Morgan fingerprint density at radius 2 is 1.93 bits per heavy atom. The lowest BCUT2D eigenvalue weighted by atomic mass is 9.93. The van der Waals surface area contributed by atoms with E-state index in [1.165, 1.54) is 6.07 Å². The van der Waals surface area contributed by atoms with Crippen molar-refractivity contribution in [3.05, 3.63) is 74.9 Å². The molecule has 7 heteroatoms. The van der Waals surface area contributed by atoms with Crippen molar-refractivity contribution in [2.45, 2.75) is 60.3 Å². The van der Waals surface area contributed by atoms with Crippen molar-refractivity contribution in [2.24, 2.45) is 0 Å². The van der Waals surface area contributed by atoms with E-state index < -0.39 is 0 Å². The summed E-state index contributed by atoms with van der Waals surface area (Å²) in [6, 6.07) is 3.46. The Bertz CT molecular complexity index is 1480. The summed E-state index contributed by atoms with van der Waals surface area (Å²) in [5, 5.41) is 6.51. The van der Waals surface area contributed by atoms with E-state index in [1.54, 1.807) is 0 Å². The van der Waals surface area contributed by atoms with Crippen LogP contribution in [0.2, 0.25) is 0 Å². The van der Waals surface area contributed by atoms with Gasteiger partial charge >= 0.3 is 0 Å². The monoisotopic (exact) mass is 542 g/mol. The van der Waals surface area contributed by atoms with Gasteiger partial charge in [-0.05, 0) is 99.2 Å². The summed E-state index contributed by atoms with van der Waals surface area (Å²) in [5.41, 5.74) is 9.80. The lowest BCUT2D eigenvalue weighted by molar-refractivity contribution is -0.117. The molecule has 0 bridgehead atoms. The molecule has 5 rings (SSSR count). The molecule has 2 aliphatic carbocycles. The molecule has 2 aromatic rings. The number of nitrogens with zero attached hydrogens (tertiary/aromatic N) is 2. The molecule has 1 aromatic carbocycles. The van der Waals surface area contributed by atoms with Crippen LogP contribution in [0.15, 0.2) is 46.7 Å². The lowest BCUT2D eigenvalue weighted by Crippen LogP contribution is -2.35. The highest BCUT2D eigenvalue weighted by molar-refractivity contribution is 6.26. The maximum absolute atomic E-state index is 15.4. The third-order valence-electron chi connectivity index (χ3n) is 8.64. The van der Waals surface area contributed by atoms with E-state index in [2.05, 4.69) is 34.4 Å². The molecule has 0 fully saturated rings. The zero-order chi connectivity index (χ0) is 28.6. The van der Waals surface area contributed by atoms with Crippen LogP contribution < -0.4 is 10.6 Å². The predicted molar refractivity (Wildman–Crippen MR) is 159 cm³/mol. The molecular formula is C33H39FN4O2. The first-order valence-corrected chi connectivity index (χ1v) is 14.4. The van der Waals surface area contributed by atoms with Crippen molar-refractivity contribution in [3.8, 4) is 11.1 Å². The highest BCUT2D eigenvalue weighted by Gasteiger charge is 2.31. The molecule has 210 valence electrons. The van der Waals surface area contributed by atoms with Crippen molar-refractivity contribution in [3.63, 3.8) is 0 Å². The van der Waals surface area contributed by atoms with Crippen LogP contribution in [0, 0.1) is 12.7 Å². The zero-order valence-electron chi connectivity index (χ0n) is 24.3. The maximum Gasteiger partial charge on any atom is 0.251 e. The number of halogens is 1. The molecule has 40 heavy (non-hydrogen) atoms. The number of benzene rings is 1. The minimum atomic E-state index is -0.367. The summed E-state index contributed by atoms with van der Waals surface area (Å²) in [7, 11) is 0. The molecule has 0 saturated heterocycles. The summed E-state index contributed by atoms with van der Waals surface area (Å²) in [6.45, 7) is 14.4. The minimum absolute atomic E-state index is 0.0493. The van der Waals surface area contributed by atoms with Crippen LogP contribution in [-0.4, -0.2) is 54.3 Å². The van der Waals surface area contributed by atoms with Gasteiger partial charge in [-0.3, -0.25) is 14.6 Å². The van der Waals surface area contributed by atoms with Gasteiger partial charge in [0.15, 0.2) is 5.78 Å². The average molecular weight is 543 g/mol. The number of likely N-dealkylation sites (N-methyl/N-ethyl adjacent to an activating group) is 1. The second-order valence-corrected chi connectivity index (χ2v) is 11.1. The predicted octanol–water partition coefficient (Wildman–Crippen LogP) is 5.56. The maximum atomic E-state index is 15.4. The number of pyridine rings is 1. The summed E-state index contributed by atoms with van der Waals surface area (Å²) in [5.74, 6) is -0.539. The van der Waals surface area contributed by atoms with Crippen LogP contribution in [0.5, 0.6) is 0 Å². The van der Waals surface area contributed by atoms with Crippen LogP contribution in [0.3, 0.4) is 0 Å². The SMILES string of the molecule is CCN(CC)CCNC(=O)C1=C(C)CC(/C=C2\C(=O)Cc3c(F)cc(-c4cnc5c(c4C)NCCC5)cc32)=C1C. The summed E-state index contributed by atoms with van der Waals surface area (Å²) in [6.07, 6.45) is 6.33. The second kappa shape index (κ2) is 11.5. The molecule has 1 aliphatic heterocycles. The number of carbonyl (C=O) groups excluding carboxylic acids is 2. The van der Waals surface area contributed by atoms with E-state index in [0.29, 0.717) is 35.2 Å². The Hall–Kier alpha value is -3.58. The fourth-order valence-electron chi connectivity index (χ4n) is 6.26. The fourth-order valence-corrected chi connectivity index (χ4v) is 6.26. The number of nitrogens with one attached hydrogen (secondary N) is 2. The Morgan fingerprint density at radius 3 is 2.67 bits per heavy atom. The van der Waals surface area contributed by atoms with Gasteiger partial charge in [-0.2, -0.15) is 0 Å². The molecule has 3 aliphatic rings. The van der Waals surface area contributed by atoms with Gasteiger partial charge in [0.05, 0.1) is 11.4 Å². The quantitative estimate of drug-likeness (QED) is 0.428. The lowest BCUT2D eigenvalue weighted by Gasteiger charge is -2.21. The summed E-state index contributed by atoms with van der Waals surface area (Å²) < 4.78 is 15.4. The second-order valence-electron chi connectivity index (χ2n) is 11.1. The Kier molecular flexibility index (Phi) is 8.04. The molecule has 6 nitrogen and oxygen atoms in total.